The van der Waals surface area contributed by atoms with Gasteiger partial charge in [0.1, 0.15) is 5.75 Å². The van der Waals surface area contributed by atoms with Crippen LogP contribution in [0, 0.1) is 5.92 Å². The molecule has 1 N–H and O–H groups in total. The molecule has 1 atom stereocenters. The van der Waals surface area contributed by atoms with Crippen molar-refractivity contribution in [1.82, 2.24) is 0 Å². The lowest BCUT2D eigenvalue weighted by Crippen LogP contribution is -2.14. The molecule has 3 aromatic rings. The molecule has 0 saturated carbocycles. The molecule has 3 nitrogen and oxygen atoms in total. The maximum atomic E-state index is 11.9. The lowest BCUT2D eigenvalue weighted by atomic mass is 9.91. The highest BCUT2D eigenvalue weighted by Gasteiger charge is 2.20. The Bertz CT molecular complexity index is 914. The second kappa shape index (κ2) is 9.92. The molecule has 0 bridgehead atoms. The summed E-state index contributed by atoms with van der Waals surface area (Å²) < 4.78 is 5.71. The summed E-state index contributed by atoms with van der Waals surface area (Å²) in [6, 6.07) is 26.0. The van der Waals surface area contributed by atoms with E-state index in [9.17, 15) is 9.90 Å². The number of hydrogen-bond acceptors (Lipinski definition) is 2. The van der Waals surface area contributed by atoms with Crippen molar-refractivity contribution in [3.63, 3.8) is 0 Å². The summed E-state index contributed by atoms with van der Waals surface area (Å²) in [6.45, 7) is 4.84. The molecule has 0 aliphatic heterocycles. The number of rotatable bonds is 9. The zero-order chi connectivity index (χ0) is 20.6. The number of carbonyl (C=O) groups is 1. The fourth-order valence-corrected chi connectivity index (χ4v) is 3.34. The molecular formula is C26H28O3. The monoisotopic (exact) mass is 388 g/mol. The van der Waals surface area contributed by atoms with Crippen molar-refractivity contribution in [1.29, 1.82) is 0 Å². The van der Waals surface area contributed by atoms with Crippen LogP contribution in [0.5, 0.6) is 5.75 Å². The van der Waals surface area contributed by atoms with E-state index in [1.54, 1.807) is 0 Å². The fourth-order valence-electron chi connectivity index (χ4n) is 3.34. The molecule has 0 spiro atoms. The van der Waals surface area contributed by atoms with Crippen LogP contribution in [0.15, 0.2) is 78.9 Å². The van der Waals surface area contributed by atoms with Gasteiger partial charge in [-0.1, -0.05) is 80.6 Å². The Morgan fingerprint density at radius 2 is 1.52 bits per heavy atom. The summed E-state index contributed by atoms with van der Waals surface area (Å²) >= 11 is 0. The minimum absolute atomic E-state index is 0.449. The first-order chi connectivity index (χ1) is 14.0. The van der Waals surface area contributed by atoms with Gasteiger partial charge in [-0.2, -0.15) is 0 Å². The van der Waals surface area contributed by atoms with E-state index in [4.69, 9.17) is 4.74 Å². The van der Waals surface area contributed by atoms with Gasteiger partial charge in [0, 0.05) is 0 Å². The van der Waals surface area contributed by atoms with Crippen LogP contribution in [0.3, 0.4) is 0 Å². The van der Waals surface area contributed by atoms with Crippen LogP contribution in [-0.4, -0.2) is 17.7 Å². The molecule has 0 amide bonds. The molecule has 3 rings (SSSR count). The third-order valence-electron chi connectivity index (χ3n) is 4.85. The average molecular weight is 389 g/mol. The summed E-state index contributed by atoms with van der Waals surface area (Å²) in [5.41, 5.74) is 4.26. The summed E-state index contributed by atoms with van der Waals surface area (Å²) in [5, 5.41) is 9.81. The quantitative estimate of drug-likeness (QED) is 0.510. The lowest BCUT2D eigenvalue weighted by molar-refractivity contribution is -0.138. The van der Waals surface area contributed by atoms with Crippen molar-refractivity contribution in [2.45, 2.75) is 32.6 Å². The summed E-state index contributed by atoms with van der Waals surface area (Å²) in [7, 11) is 0. The minimum atomic E-state index is -0.811. The van der Waals surface area contributed by atoms with Gasteiger partial charge in [-0.25, -0.2) is 0 Å². The van der Waals surface area contributed by atoms with Crippen LogP contribution in [0.2, 0.25) is 0 Å². The number of ether oxygens (including phenoxy) is 1. The van der Waals surface area contributed by atoms with Crippen LogP contribution in [0.1, 0.15) is 42.0 Å². The Hall–Kier alpha value is -3.07. The average Bonchev–Trinajstić information content (AvgIpc) is 2.72. The van der Waals surface area contributed by atoms with Gasteiger partial charge in [0.05, 0.1) is 12.5 Å². The van der Waals surface area contributed by atoms with Crippen molar-refractivity contribution in [2.75, 3.05) is 6.61 Å². The van der Waals surface area contributed by atoms with E-state index in [2.05, 4.69) is 38.1 Å². The molecule has 0 heterocycles. The van der Waals surface area contributed by atoms with Crippen LogP contribution in [0.25, 0.3) is 0 Å². The largest absolute Gasteiger partial charge is 0.493 e. The van der Waals surface area contributed by atoms with Gasteiger partial charge >= 0.3 is 5.97 Å². The van der Waals surface area contributed by atoms with Crippen molar-refractivity contribution >= 4 is 5.97 Å². The smallest absolute Gasteiger partial charge is 0.311 e. The van der Waals surface area contributed by atoms with Crippen molar-refractivity contribution < 1.29 is 14.6 Å². The predicted octanol–water partition coefficient (Wildman–Crippen LogP) is 5.72. The minimum Gasteiger partial charge on any atom is -0.493 e. The van der Waals surface area contributed by atoms with E-state index >= 15 is 0 Å². The number of aliphatic carboxylic acids is 1. The second-order valence-electron chi connectivity index (χ2n) is 7.85. The molecule has 0 saturated heterocycles. The van der Waals surface area contributed by atoms with Crippen molar-refractivity contribution in [2.24, 2.45) is 5.92 Å². The molecule has 1 unspecified atom stereocenters. The van der Waals surface area contributed by atoms with E-state index in [-0.39, 0.29) is 0 Å². The van der Waals surface area contributed by atoms with Crippen molar-refractivity contribution in [3.8, 4) is 5.75 Å². The molecule has 3 aromatic carbocycles. The zero-order valence-corrected chi connectivity index (χ0v) is 17.0. The molecule has 0 aliphatic rings. The topological polar surface area (TPSA) is 46.5 Å². The van der Waals surface area contributed by atoms with E-state index in [0.717, 1.165) is 23.3 Å². The second-order valence-corrected chi connectivity index (χ2v) is 7.85. The number of carboxylic acids is 1. The standard InChI is InChI=1S/C26H28O3/c1-19(2)18-29-24-13-11-23(12-14-24)25(26(27)28)17-22-10-6-9-21(16-22)15-20-7-4-3-5-8-20/h3-14,16,19,25H,15,17-18H2,1-2H3,(H,27,28). The molecule has 0 fully saturated rings. The van der Waals surface area contributed by atoms with Gasteiger partial charge in [0.15, 0.2) is 0 Å². The summed E-state index contributed by atoms with van der Waals surface area (Å²) in [4.78, 5) is 11.9. The van der Waals surface area contributed by atoms with Gasteiger partial charge in [-0.15, -0.1) is 0 Å². The maximum absolute atomic E-state index is 11.9. The van der Waals surface area contributed by atoms with Crippen LogP contribution >= 0.6 is 0 Å². The Morgan fingerprint density at radius 3 is 2.17 bits per heavy atom. The van der Waals surface area contributed by atoms with E-state index in [1.165, 1.54) is 11.1 Å². The van der Waals surface area contributed by atoms with Crippen LogP contribution < -0.4 is 4.74 Å². The summed E-state index contributed by atoms with van der Waals surface area (Å²) in [5.74, 6) is -0.170. The SMILES string of the molecule is CC(C)COc1ccc(C(Cc2cccc(Cc3ccccc3)c2)C(=O)O)cc1. The maximum Gasteiger partial charge on any atom is 0.311 e. The molecule has 0 radical (unpaired) electrons. The molecular weight excluding hydrogens is 360 g/mol. The Balaban J connectivity index is 1.72. The van der Waals surface area contributed by atoms with Crippen molar-refractivity contribution in [3.05, 3.63) is 101 Å². The number of carboxylic acid groups (broad SMARTS) is 1. The molecule has 150 valence electrons. The molecule has 0 aliphatic carbocycles. The van der Waals surface area contributed by atoms with E-state index in [1.807, 2.05) is 54.6 Å². The third-order valence-corrected chi connectivity index (χ3v) is 4.85. The highest BCUT2D eigenvalue weighted by Crippen LogP contribution is 2.25. The number of benzene rings is 3. The molecule has 3 heteroatoms. The van der Waals surface area contributed by atoms with Gasteiger partial charge in [0.2, 0.25) is 0 Å². The first-order valence-electron chi connectivity index (χ1n) is 10.1. The van der Waals surface area contributed by atoms with E-state index < -0.39 is 11.9 Å². The van der Waals surface area contributed by atoms with Gasteiger partial charge in [-0.05, 0) is 53.1 Å². The lowest BCUT2D eigenvalue weighted by Gasteiger charge is -2.15. The number of hydrogen-bond donors (Lipinski definition) is 1. The summed E-state index contributed by atoms with van der Waals surface area (Å²) in [6.07, 6.45) is 1.30. The Morgan fingerprint density at radius 1 is 0.862 bits per heavy atom. The Labute approximate surface area is 173 Å². The van der Waals surface area contributed by atoms with E-state index in [0.29, 0.717) is 18.9 Å². The van der Waals surface area contributed by atoms with Crippen LogP contribution in [-0.2, 0) is 17.6 Å². The van der Waals surface area contributed by atoms with Gasteiger partial charge in [-0.3, -0.25) is 4.79 Å². The normalized spacial score (nSPS) is 12.0. The predicted molar refractivity (Wildman–Crippen MR) is 117 cm³/mol. The first kappa shape index (κ1) is 20.7. The zero-order valence-electron chi connectivity index (χ0n) is 17.0. The fraction of sp³-hybridized carbons (Fsp3) is 0.269. The highest BCUT2D eigenvalue weighted by atomic mass is 16.5. The van der Waals surface area contributed by atoms with Gasteiger partial charge < -0.3 is 9.84 Å². The van der Waals surface area contributed by atoms with Crippen LogP contribution in [0.4, 0.5) is 0 Å². The molecule has 0 aromatic heterocycles. The molecule has 29 heavy (non-hydrogen) atoms. The van der Waals surface area contributed by atoms with Gasteiger partial charge in [0.25, 0.3) is 0 Å². The highest BCUT2D eigenvalue weighted by molar-refractivity contribution is 5.76. The Kier molecular flexibility index (Phi) is 7.07. The first-order valence-corrected chi connectivity index (χ1v) is 10.1. The third kappa shape index (κ3) is 6.21.